The van der Waals surface area contributed by atoms with Crippen LogP contribution >= 0.6 is 15.9 Å². The predicted octanol–water partition coefficient (Wildman–Crippen LogP) is 4.13. The molecule has 0 atom stereocenters. The van der Waals surface area contributed by atoms with E-state index in [1.807, 2.05) is 66.7 Å². The number of carbonyl (C=O) groups is 1. The molecule has 0 bridgehead atoms. The Balaban J connectivity index is 1.56. The van der Waals surface area contributed by atoms with Gasteiger partial charge in [0.15, 0.2) is 6.61 Å². The smallest absolute Gasteiger partial charge is 0.277 e. The second-order valence-electron chi connectivity index (χ2n) is 5.11. The van der Waals surface area contributed by atoms with E-state index < -0.39 is 0 Å². The minimum atomic E-state index is -0.309. The molecule has 0 aliphatic heterocycles. The molecular weight excluding hydrogens is 368 g/mol. The highest BCUT2D eigenvalue weighted by Gasteiger charge is 2.04. The lowest BCUT2D eigenvalue weighted by Crippen LogP contribution is -2.24. The summed E-state index contributed by atoms with van der Waals surface area (Å²) < 4.78 is 6.60. The van der Waals surface area contributed by atoms with Gasteiger partial charge in [0.25, 0.3) is 5.91 Å². The lowest BCUT2D eigenvalue weighted by Gasteiger charge is -2.08. The number of rotatable bonds is 5. The monoisotopic (exact) mass is 382 g/mol. The summed E-state index contributed by atoms with van der Waals surface area (Å²) in [5.41, 5.74) is 3.35. The highest BCUT2D eigenvalue weighted by molar-refractivity contribution is 9.10. The molecule has 1 N–H and O–H groups in total. The fourth-order valence-corrected chi connectivity index (χ4v) is 2.49. The third-order valence-electron chi connectivity index (χ3n) is 3.38. The van der Waals surface area contributed by atoms with Crippen LogP contribution in [0, 0.1) is 0 Å². The number of amides is 1. The molecule has 0 saturated heterocycles. The molecule has 4 nitrogen and oxygen atoms in total. The maximum Gasteiger partial charge on any atom is 0.277 e. The SMILES string of the molecule is O=C(COc1cccc2ccccc12)N/N=C/c1ccc(Br)cc1. The molecule has 0 radical (unpaired) electrons. The minimum absolute atomic E-state index is 0.0916. The Hall–Kier alpha value is -2.66. The first-order valence-electron chi connectivity index (χ1n) is 7.40. The van der Waals surface area contributed by atoms with Gasteiger partial charge < -0.3 is 4.74 Å². The molecular formula is C19H15BrN2O2. The van der Waals surface area contributed by atoms with Gasteiger partial charge in [0, 0.05) is 9.86 Å². The third kappa shape index (κ3) is 4.20. The summed E-state index contributed by atoms with van der Waals surface area (Å²) in [6.07, 6.45) is 1.59. The lowest BCUT2D eigenvalue weighted by atomic mass is 10.1. The van der Waals surface area contributed by atoms with Crippen LogP contribution in [0.3, 0.4) is 0 Å². The van der Waals surface area contributed by atoms with E-state index in [9.17, 15) is 4.79 Å². The molecule has 3 aromatic carbocycles. The van der Waals surface area contributed by atoms with Crippen LogP contribution in [0.1, 0.15) is 5.56 Å². The summed E-state index contributed by atoms with van der Waals surface area (Å²) in [5, 5.41) is 5.98. The van der Waals surface area contributed by atoms with E-state index in [0.717, 1.165) is 20.8 Å². The molecule has 0 heterocycles. The van der Waals surface area contributed by atoms with Crippen LogP contribution in [0.25, 0.3) is 10.8 Å². The largest absolute Gasteiger partial charge is 0.483 e. The van der Waals surface area contributed by atoms with E-state index in [1.165, 1.54) is 0 Å². The molecule has 120 valence electrons. The van der Waals surface area contributed by atoms with Gasteiger partial charge >= 0.3 is 0 Å². The second-order valence-corrected chi connectivity index (χ2v) is 6.03. The fraction of sp³-hybridized carbons (Fsp3) is 0.0526. The van der Waals surface area contributed by atoms with Crippen molar-refractivity contribution in [1.29, 1.82) is 0 Å². The van der Waals surface area contributed by atoms with Gasteiger partial charge in [-0.15, -0.1) is 0 Å². The molecule has 3 rings (SSSR count). The zero-order valence-corrected chi connectivity index (χ0v) is 14.4. The number of hydrogen-bond donors (Lipinski definition) is 1. The molecule has 5 heteroatoms. The molecule has 0 fully saturated rings. The van der Waals surface area contributed by atoms with Gasteiger partial charge in [0.2, 0.25) is 0 Å². The summed E-state index contributed by atoms with van der Waals surface area (Å²) in [4.78, 5) is 11.8. The molecule has 1 amide bonds. The highest BCUT2D eigenvalue weighted by atomic mass is 79.9. The molecule has 0 unspecified atom stereocenters. The number of benzene rings is 3. The van der Waals surface area contributed by atoms with Gasteiger partial charge in [-0.1, -0.05) is 64.5 Å². The van der Waals surface area contributed by atoms with Crippen molar-refractivity contribution in [3.05, 3.63) is 76.8 Å². The van der Waals surface area contributed by atoms with E-state index in [-0.39, 0.29) is 12.5 Å². The van der Waals surface area contributed by atoms with Crippen LogP contribution in [0.15, 0.2) is 76.3 Å². The van der Waals surface area contributed by atoms with Gasteiger partial charge in [0.05, 0.1) is 6.21 Å². The van der Waals surface area contributed by atoms with E-state index in [0.29, 0.717) is 5.75 Å². The van der Waals surface area contributed by atoms with Gasteiger partial charge in [-0.05, 0) is 29.1 Å². The molecule has 0 saturated carbocycles. The van der Waals surface area contributed by atoms with E-state index >= 15 is 0 Å². The standard InChI is InChI=1S/C19H15BrN2O2/c20-16-10-8-14(9-11-16)12-21-22-19(23)13-24-18-7-3-5-15-4-1-2-6-17(15)18/h1-12H,13H2,(H,22,23)/b21-12+. The zero-order valence-electron chi connectivity index (χ0n) is 12.8. The van der Waals surface area contributed by atoms with Crippen LogP contribution in [0.4, 0.5) is 0 Å². The van der Waals surface area contributed by atoms with Crippen molar-refractivity contribution in [3.8, 4) is 5.75 Å². The Bertz CT molecular complexity index is 871. The molecule has 24 heavy (non-hydrogen) atoms. The summed E-state index contributed by atoms with van der Waals surface area (Å²) in [6, 6.07) is 21.2. The normalized spacial score (nSPS) is 10.9. The topological polar surface area (TPSA) is 50.7 Å². The lowest BCUT2D eigenvalue weighted by molar-refractivity contribution is -0.123. The van der Waals surface area contributed by atoms with E-state index in [1.54, 1.807) is 6.21 Å². The van der Waals surface area contributed by atoms with Crippen LogP contribution in [0.2, 0.25) is 0 Å². The number of carbonyl (C=O) groups excluding carboxylic acids is 1. The van der Waals surface area contributed by atoms with E-state index in [2.05, 4.69) is 26.5 Å². The van der Waals surface area contributed by atoms with Gasteiger partial charge in [0.1, 0.15) is 5.75 Å². The molecule has 0 aliphatic carbocycles. The van der Waals surface area contributed by atoms with Crippen LogP contribution in [0.5, 0.6) is 5.75 Å². The average molecular weight is 383 g/mol. The molecule has 0 spiro atoms. The number of fused-ring (bicyclic) bond motifs is 1. The third-order valence-corrected chi connectivity index (χ3v) is 3.91. The van der Waals surface area contributed by atoms with Crippen molar-refractivity contribution in [2.45, 2.75) is 0 Å². The Labute approximate surface area is 148 Å². The van der Waals surface area contributed by atoms with Crippen molar-refractivity contribution in [1.82, 2.24) is 5.43 Å². The Morgan fingerprint density at radius 2 is 1.79 bits per heavy atom. The van der Waals surface area contributed by atoms with Crippen LogP contribution in [-0.2, 0) is 4.79 Å². The van der Waals surface area contributed by atoms with Crippen LogP contribution in [-0.4, -0.2) is 18.7 Å². The number of ether oxygens (including phenoxy) is 1. The van der Waals surface area contributed by atoms with Crippen molar-refractivity contribution in [2.24, 2.45) is 5.10 Å². The number of nitrogens with zero attached hydrogens (tertiary/aromatic N) is 1. The van der Waals surface area contributed by atoms with Gasteiger partial charge in [-0.2, -0.15) is 5.10 Å². The quantitative estimate of drug-likeness (QED) is 0.532. The van der Waals surface area contributed by atoms with Crippen molar-refractivity contribution < 1.29 is 9.53 Å². The number of hydrazone groups is 1. The van der Waals surface area contributed by atoms with Crippen molar-refractivity contribution in [3.63, 3.8) is 0 Å². The van der Waals surface area contributed by atoms with E-state index in [4.69, 9.17) is 4.74 Å². The summed E-state index contributed by atoms with van der Waals surface area (Å²) in [7, 11) is 0. The predicted molar refractivity (Wildman–Crippen MR) is 99.3 cm³/mol. The zero-order chi connectivity index (χ0) is 16.8. The first-order valence-corrected chi connectivity index (χ1v) is 8.20. The van der Waals surface area contributed by atoms with Gasteiger partial charge in [-0.3, -0.25) is 4.79 Å². The molecule has 3 aromatic rings. The summed E-state index contributed by atoms with van der Waals surface area (Å²) >= 11 is 3.37. The highest BCUT2D eigenvalue weighted by Crippen LogP contribution is 2.24. The minimum Gasteiger partial charge on any atom is -0.483 e. The van der Waals surface area contributed by atoms with Crippen molar-refractivity contribution >= 4 is 38.8 Å². The Kier molecular flexibility index (Phi) is 5.23. The Morgan fingerprint density at radius 3 is 2.62 bits per heavy atom. The first kappa shape index (κ1) is 16.2. The summed E-state index contributed by atoms with van der Waals surface area (Å²) in [5.74, 6) is 0.372. The fourth-order valence-electron chi connectivity index (χ4n) is 2.22. The number of hydrogen-bond acceptors (Lipinski definition) is 3. The van der Waals surface area contributed by atoms with Gasteiger partial charge in [-0.25, -0.2) is 5.43 Å². The first-order chi connectivity index (χ1) is 11.7. The maximum atomic E-state index is 11.8. The molecule has 0 aromatic heterocycles. The summed E-state index contributed by atoms with van der Waals surface area (Å²) in [6.45, 7) is -0.0916. The number of halogens is 1. The Morgan fingerprint density at radius 1 is 1.04 bits per heavy atom. The molecule has 0 aliphatic rings. The van der Waals surface area contributed by atoms with Crippen molar-refractivity contribution in [2.75, 3.05) is 6.61 Å². The second kappa shape index (κ2) is 7.75. The van der Waals surface area contributed by atoms with Crippen LogP contribution < -0.4 is 10.2 Å². The number of nitrogens with one attached hydrogen (secondary N) is 1. The average Bonchev–Trinajstić information content (AvgIpc) is 2.61. The maximum absolute atomic E-state index is 11.8.